The molecule has 1 atom stereocenters. The second kappa shape index (κ2) is 9.11. The van der Waals surface area contributed by atoms with Gasteiger partial charge in [0.1, 0.15) is 0 Å². The first-order valence-electron chi connectivity index (χ1n) is 7.06. The Morgan fingerprint density at radius 3 is 3.06 bits per heavy atom. The molecule has 2 N–H and O–H groups in total. The zero-order chi connectivity index (χ0) is 13.2. The van der Waals surface area contributed by atoms with Gasteiger partial charge in [-0.15, -0.1) is 6.58 Å². The minimum absolute atomic E-state index is 0.0727. The Kier molecular flexibility index (Phi) is 7.69. The van der Waals surface area contributed by atoms with Crippen LogP contribution < -0.4 is 10.6 Å². The minimum atomic E-state index is 0.0727. The molecule has 1 unspecified atom stereocenters. The highest BCUT2D eigenvalue weighted by atomic mass is 16.1. The van der Waals surface area contributed by atoms with Gasteiger partial charge < -0.3 is 15.5 Å². The molecule has 4 nitrogen and oxygen atoms in total. The van der Waals surface area contributed by atoms with Crippen LogP contribution in [0.1, 0.15) is 32.6 Å². The molecule has 0 saturated carbocycles. The second-order valence-corrected chi connectivity index (χ2v) is 5.00. The third-order valence-electron chi connectivity index (χ3n) is 3.46. The molecule has 104 valence electrons. The summed E-state index contributed by atoms with van der Waals surface area (Å²) in [6.07, 6.45) is 6.80. The lowest BCUT2D eigenvalue weighted by Gasteiger charge is -2.33. The largest absolute Gasteiger partial charge is 0.355 e. The standard InChI is InChI=1S/C14H27N3O/c1-3-8-15-12-14(18)16-9-6-11-17-10-5-4-7-13(17)2/h3,13,15H,1,4-12H2,2H3,(H,16,18). The van der Waals surface area contributed by atoms with Crippen LogP contribution in [-0.4, -0.2) is 49.6 Å². The number of carbonyl (C=O) groups excluding carboxylic acids is 1. The fourth-order valence-corrected chi connectivity index (χ4v) is 2.35. The second-order valence-electron chi connectivity index (χ2n) is 5.00. The molecular formula is C14H27N3O. The van der Waals surface area contributed by atoms with E-state index in [1.807, 2.05) is 0 Å². The van der Waals surface area contributed by atoms with Crippen molar-refractivity contribution in [3.8, 4) is 0 Å². The van der Waals surface area contributed by atoms with Crippen LogP contribution in [0.3, 0.4) is 0 Å². The number of piperidine rings is 1. The van der Waals surface area contributed by atoms with Crippen LogP contribution in [0.5, 0.6) is 0 Å². The lowest BCUT2D eigenvalue weighted by molar-refractivity contribution is -0.120. The van der Waals surface area contributed by atoms with E-state index < -0.39 is 0 Å². The molecule has 0 spiro atoms. The Bertz CT molecular complexity index is 255. The number of hydrogen-bond donors (Lipinski definition) is 2. The summed E-state index contributed by atoms with van der Waals surface area (Å²) in [6, 6.07) is 0.712. The summed E-state index contributed by atoms with van der Waals surface area (Å²) in [5.74, 6) is 0.0727. The molecule has 1 saturated heterocycles. The van der Waals surface area contributed by atoms with Crippen LogP contribution in [0, 0.1) is 0 Å². The topological polar surface area (TPSA) is 44.4 Å². The van der Waals surface area contributed by atoms with Crippen molar-refractivity contribution in [3.63, 3.8) is 0 Å². The minimum Gasteiger partial charge on any atom is -0.355 e. The molecule has 1 aliphatic rings. The van der Waals surface area contributed by atoms with Crippen molar-refractivity contribution < 1.29 is 4.79 Å². The fourth-order valence-electron chi connectivity index (χ4n) is 2.35. The van der Waals surface area contributed by atoms with E-state index in [4.69, 9.17) is 0 Å². The number of likely N-dealkylation sites (tertiary alicyclic amines) is 1. The summed E-state index contributed by atoms with van der Waals surface area (Å²) in [5, 5.41) is 5.93. The average molecular weight is 253 g/mol. The molecule has 18 heavy (non-hydrogen) atoms. The lowest BCUT2D eigenvalue weighted by atomic mass is 10.0. The van der Waals surface area contributed by atoms with E-state index >= 15 is 0 Å². The van der Waals surface area contributed by atoms with E-state index in [0.29, 0.717) is 19.1 Å². The summed E-state index contributed by atoms with van der Waals surface area (Å²) in [5.41, 5.74) is 0. The zero-order valence-corrected chi connectivity index (χ0v) is 11.6. The first-order valence-corrected chi connectivity index (χ1v) is 7.06. The maximum Gasteiger partial charge on any atom is 0.233 e. The van der Waals surface area contributed by atoms with Gasteiger partial charge in [-0.25, -0.2) is 0 Å². The lowest BCUT2D eigenvalue weighted by Crippen LogP contribution is -2.40. The van der Waals surface area contributed by atoms with Crippen LogP contribution in [-0.2, 0) is 4.79 Å². The number of nitrogens with one attached hydrogen (secondary N) is 2. The third kappa shape index (κ3) is 6.17. The molecule has 0 aliphatic carbocycles. The SMILES string of the molecule is C=CCNCC(=O)NCCCN1CCCCC1C. The first-order chi connectivity index (χ1) is 8.74. The van der Waals surface area contributed by atoms with Gasteiger partial charge >= 0.3 is 0 Å². The molecule has 0 bridgehead atoms. The van der Waals surface area contributed by atoms with Crippen molar-refractivity contribution in [1.82, 2.24) is 15.5 Å². The maximum atomic E-state index is 11.4. The summed E-state index contributed by atoms with van der Waals surface area (Å²) >= 11 is 0. The summed E-state index contributed by atoms with van der Waals surface area (Å²) in [6.45, 7) is 10.0. The highest BCUT2D eigenvalue weighted by Crippen LogP contribution is 2.15. The number of nitrogens with zero attached hydrogens (tertiary/aromatic N) is 1. The van der Waals surface area contributed by atoms with Crippen molar-refractivity contribution in [2.75, 3.05) is 32.7 Å². The van der Waals surface area contributed by atoms with Crippen molar-refractivity contribution in [1.29, 1.82) is 0 Å². The van der Waals surface area contributed by atoms with E-state index in [2.05, 4.69) is 29.0 Å². The zero-order valence-electron chi connectivity index (χ0n) is 11.6. The highest BCUT2D eigenvalue weighted by Gasteiger charge is 2.17. The maximum absolute atomic E-state index is 11.4. The molecule has 4 heteroatoms. The molecule has 1 heterocycles. The summed E-state index contributed by atoms with van der Waals surface area (Å²) < 4.78 is 0. The fraction of sp³-hybridized carbons (Fsp3) is 0.786. The Morgan fingerprint density at radius 2 is 2.33 bits per heavy atom. The van der Waals surface area contributed by atoms with Crippen LogP contribution in [0.15, 0.2) is 12.7 Å². The third-order valence-corrected chi connectivity index (χ3v) is 3.46. The molecule has 1 rings (SSSR count). The molecule has 0 aromatic carbocycles. The van der Waals surface area contributed by atoms with Crippen LogP contribution in [0.25, 0.3) is 0 Å². The smallest absolute Gasteiger partial charge is 0.233 e. The van der Waals surface area contributed by atoms with Gasteiger partial charge in [0.25, 0.3) is 0 Å². The van der Waals surface area contributed by atoms with Crippen molar-refractivity contribution in [3.05, 3.63) is 12.7 Å². The van der Waals surface area contributed by atoms with Gasteiger partial charge in [-0.1, -0.05) is 12.5 Å². The van der Waals surface area contributed by atoms with Crippen molar-refractivity contribution in [2.45, 2.75) is 38.6 Å². The van der Waals surface area contributed by atoms with E-state index in [0.717, 1.165) is 19.5 Å². The molecule has 0 aromatic rings. The van der Waals surface area contributed by atoms with Crippen LogP contribution in [0.2, 0.25) is 0 Å². The van der Waals surface area contributed by atoms with Gasteiger partial charge in [-0.05, 0) is 32.7 Å². The van der Waals surface area contributed by atoms with E-state index in [1.54, 1.807) is 6.08 Å². The predicted octanol–water partition coefficient (Wildman–Crippen LogP) is 1.14. The predicted molar refractivity (Wildman–Crippen MR) is 75.6 cm³/mol. The van der Waals surface area contributed by atoms with Gasteiger partial charge in [0.2, 0.25) is 5.91 Å². The average Bonchev–Trinajstić information content (AvgIpc) is 2.37. The highest BCUT2D eigenvalue weighted by molar-refractivity contribution is 5.77. The van der Waals surface area contributed by atoms with Gasteiger partial charge in [-0.3, -0.25) is 4.79 Å². The molecule has 0 aromatic heterocycles. The number of amides is 1. The normalized spacial score (nSPS) is 20.6. The van der Waals surface area contributed by atoms with Crippen molar-refractivity contribution >= 4 is 5.91 Å². The van der Waals surface area contributed by atoms with Crippen LogP contribution in [0.4, 0.5) is 0 Å². The molecule has 1 aliphatic heterocycles. The van der Waals surface area contributed by atoms with E-state index in [-0.39, 0.29) is 5.91 Å². The summed E-state index contributed by atoms with van der Waals surface area (Å²) in [4.78, 5) is 13.9. The Labute approximate surface area is 111 Å². The molecule has 1 fully saturated rings. The Hall–Kier alpha value is -0.870. The Balaban J connectivity index is 2.00. The monoisotopic (exact) mass is 253 g/mol. The van der Waals surface area contributed by atoms with Gasteiger partial charge in [0, 0.05) is 25.7 Å². The molecule has 1 amide bonds. The number of hydrogen-bond acceptors (Lipinski definition) is 3. The van der Waals surface area contributed by atoms with E-state index in [9.17, 15) is 4.79 Å². The Morgan fingerprint density at radius 1 is 1.50 bits per heavy atom. The number of carbonyl (C=O) groups is 1. The molecular weight excluding hydrogens is 226 g/mol. The summed E-state index contributed by atoms with van der Waals surface area (Å²) in [7, 11) is 0. The number of rotatable bonds is 8. The van der Waals surface area contributed by atoms with Gasteiger partial charge in [-0.2, -0.15) is 0 Å². The van der Waals surface area contributed by atoms with Crippen LogP contribution >= 0.6 is 0 Å². The van der Waals surface area contributed by atoms with Crippen molar-refractivity contribution in [2.24, 2.45) is 0 Å². The quantitative estimate of drug-likeness (QED) is 0.504. The first kappa shape index (κ1) is 15.2. The van der Waals surface area contributed by atoms with E-state index in [1.165, 1.54) is 25.8 Å². The molecule has 0 radical (unpaired) electrons. The van der Waals surface area contributed by atoms with Gasteiger partial charge in [0.05, 0.1) is 6.54 Å². The van der Waals surface area contributed by atoms with Gasteiger partial charge in [0.15, 0.2) is 0 Å².